The van der Waals surface area contributed by atoms with Gasteiger partial charge < -0.3 is 9.47 Å². The van der Waals surface area contributed by atoms with Crippen LogP contribution >= 0.6 is 11.6 Å². The van der Waals surface area contributed by atoms with Crippen LogP contribution in [0, 0.1) is 0 Å². The maximum absolute atomic E-state index is 10.4. The van der Waals surface area contributed by atoms with E-state index >= 15 is 0 Å². The summed E-state index contributed by atoms with van der Waals surface area (Å²) in [7, 11) is 0. The standard InChI is InChI=1S/C6H5ClO4/c7-6(9)10-3-4-1-2-5(8)11-4/h1-2,4H,3H2. The molecule has 0 fully saturated rings. The van der Waals surface area contributed by atoms with Gasteiger partial charge in [-0.3, -0.25) is 0 Å². The minimum absolute atomic E-state index is 0.0232. The molecule has 11 heavy (non-hydrogen) atoms. The second-order valence-corrected chi connectivity index (χ2v) is 2.19. The summed E-state index contributed by atoms with van der Waals surface area (Å²) >= 11 is 4.87. The molecule has 0 amide bonds. The number of esters is 1. The van der Waals surface area contributed by atoms with Crippen molar-refractivity contribution in [2.45, 2.75) is 6.10 Å². The zero-order chi connectivity index (χ0) is 8.27. The predicted molar refractivity (Wildman–Crippen MR) is 36.2 cm³/mol. The Balaban J connectivity index is 2.24. The monoisotopic (exact) mass is 176 g/mol. The first-order chi connectivity index (χ1) is 5.18. The highest BCUT2D eigenvalue weighted by Crippen LogP contribution is 2.05. The number of cyclic esters (lactones) is 1. The summed E-state index contributed by atoms with van der Waals surface area (Å²) in [6.45, 7) is -0.0232. The Morgan fingerprint density at radius 3 is 3.00 bits per heavy atom. The number of halogens is 1. The van der Waals surface area contributed by atoms with Gasteiger partial charge in [-0.05, 0) is 6.08 Å². The first kappa shape index (κ1) is 8.07. The van der Waals surface area contributed by atoms with Crippen LogP contribution in [0.1, 0.15) is 0 Å². The van der Waals surface area contributed by atoms with Gasteiger partial charge in [0.1, 0.15) is 6.61 Å². The van der Waals surface area contributed by atoms with Gasteiger partial charge in [0.15, 0.2) is 6.10 Å². The second-order valence-electron chi connectivity index (χ2n) is 1.88. The van der Waals surface area contributed by atoms with Gasteiger partial charge in [0.05, 0.1) is 0 Å². The molecule has 60 valence electrons. The fraction of sp³-hybridized carbons (Fsp3) is 0.333. The quantitative estimate of drug-likeness (QED) is 0.462. The Hall–Kier alpha value is -1.03. The molecule has 0 aromatic heterocycles. The number of carbonyl (C=O) groups is 2. The molecule has 0 radical (unpaired) electrons. The van der Waals surface area contributed by atoms with Crippen molar-refractivity contribution >= 4 is 23.0 Å². The third kappa shape index (κ3) is 2.59. The van der Waals surface area contributed by atoms with Crippen LogP contribution in [0.3, 0.4) is 0 Å². The van der Waals surface area contributed by atoms with Crippen molar-refractivity contribution in [1.82, 2.24) is 0 Å². The van der Waals surface area contributed by atoms with Crippen LogP contribution in [0.15, 0.2) is 12.2 Å². The fourth-order valence-corrected chi connectivity index (χ4v) is 0.714. The van der Waals surface area contributed by atoms with E-state index in [0.717, 1.165) is 0 Å². The lowest BCUT2D eigenvalue weighted by molar-refractivity contribution is -0.139. The molecule has 0 saturated carbocycles. The molecule has 1 rings (SSSR count). The lowest BCUT2D eigenvalue weighted by Crippen LogP contribution is -2.15. The van der Waals surface area contributed by atoms with E-state index in [0.29, 0.717) is 0 Å². The van der Waals surface area contributed by atoms with Gasteiger partial charge >= 0.3 is 11.4 Å². The predicted octanol–water partition coefficient (Wildman–Crippen LogP) is 0.843. The van der Waals surface area contributed by atoms with E-state index < -0.39 is 17.5 Å². The van der Waals surface area contributed by atoms with E-state index in [-0.39, 0.29) is 6.61 Å². The Labute approximate surface area is 67.7 Å². The van der Waals surface area contributed by atoms with Gasteiger partial charge in [0.25, 0.3) is 0 Å². The topological polar surface area (TPSA) is 52.6 Å². The van der Waals surface area contributed by atoms with Gasteiger partial charge in [0.2, 0.25) is 0 Å². The van der Waals surface area contributed by atoms with Crippen molar-refractivity contribution in [3.05, 3.63) is 12.2 Å². The molecular formula is C6H5ClO4. The van der Waals surface area contributed by atoms with E-state index in [4.69, 9.17) is 11.6 Å². The van der Waals surface area contributed by atoms with Crippen LogP contribution in [-0.4, -0.2) is 24.1 Å². The van der Waals surface area contributed by atoms with Crippen molar-refractivity contribution in [1.29, 1.82) is 0 Å². The molecule has 0 N–H and O–H groups in total. The first-order valence-electron chi connectivity index (χ1n) is 2.89. The third-order valence-electron chi connectivity index (χ3n) is 1.08. The Morgan fingerprint density at radius 1 is 1.82 bits per heavy atom. The molecule has 0 aromatic rings. The van der Waals surface area contributed by atoms with Gasteiger partial charge in [-0.25, -0.2) is 9.59 Å². The lowest BCUT2D eigenvalue weighted by atomic mass is 10.4. The van der Waals surface area contributed by atoms with Crippen LogP contribution in [0.25, 0.3) is 0 Å². The van der Waals surface area contributed by atoms with Gasteiger partial charge in [-0.2, -0.15) is 0 Å². The summed E-state index contributed by atoms with van der Waals surface area (Å²) in [5.74, 6) is -0.430. The first-order valence-corrected chi connectivity index (χ1v) is 3.27. The van der Waals surface area contributed by atoms with Crippen LogP contribution < -0.4 is 0 Å². The maximum atomic E-state index is 10.4. The molecular weight excluding hydrogens is 172 g/mol. The molecule has 1 aliphatic rings. The number of hydrogen-bond acceptors (Lipinski definition) is 4. The van der Waals surface area contributed by atoms with Crippen molar-refractivity contribution in [3.8, 4) is 0 Å². The SMILES string of the molecule is O=C(Cl)OCC1C=CC(=O)O1. The molecule has 5 heteroatoms. The summed E-state index contributed by atoms with van der Waals surface area (Å²) < 4.78 is 9.00. The molecule has 1 atom stereocenters. The summed E-state index contributed by atoms with van der Waals surface area (Å²) in [6, 6.07) is 0. The van der Waals surface area contributed by atoms with Crippen LogP contribution in [0.5, 0.6) is 0 Å². The van der Waals surface area contributed by atoms with Gasteiger partial charge in [0, 0.05) is 17.7 Å². The van der Waals surface area contributed by atoms with Gasteiger partial charge in [-0.1, -0.05) is 0 Å². The minimum Gasteiger partial charge on any atom is -0.451 e. The minimum atomic E-state index is -0.902. The third-order valence-corrected chi connectivity index (χ3v) is 1.18. The Kier molecular flexibility index (Phi) is 2.48. The Bertz CT molecular complexity index is 211. The van der Waals surface area contributed by atoms with E-state index in [1.165, 1.54) is 12.2 Å². The highest BCUT2D eigenvalue weighted by Gasteiger charge is 2.17. The van der Waals surface area contributed by atoms with Crippen LogP contribution in [0.4, 0.5) is 4.79 Å². The van der Waals surface area contributed by atoms with E-state index in [1.54, 1.807) is 0 Å². The second kappa shape index (κ2) is 3.39. The van der Waals surface area contributed by atoms with Crippen LogP contribution in [-0.2, 0) is 14.3 Å². The molecule has 0 aliphatic carbocycles. The molecule has 1 heterocycles. The van der Waals surface area contributed by atoms with E-state index in [9.17, 15) is 9.59 Å². The van der Waals surface area contributed by atoms with Crippen molar-refractivity contribution in [2.24, 2.45) is 0 Å². The number of ether oxygens (including phenoxy) is 2. The zero-order valence-corrected chi connectivity index (χ0v) is 6.21. The summed E-state index contributed by atoms with van der Waals surface area (Å²) in [6.07, 6.45) is 2.29. The normalized spacial score (nSPS) is 21.5. The lowest BCUT2D eigenvalue weighted by Gasteiger charge is -2.06. The number of rotatable bonds is 2. The zero-order valence-electron chi connectivity index (χ0n) is 5.45. The molecule has 0 saturated heterocycles. The van der Waals surface area contributed by atoms with Crippen molar-refractivity contribution in [3.63, 3.8) is 0 Å². The van der Waals surface area contributed by atoms with E-state index in [1.807, 2.05) is 0 Å². The van der Waals surface area contributed by atoms with E-state index in [2.05, 4.69) is 9.47 Å². The molecule has 0 spiro atoms. The van der Waals surface area contributed by atoms with Gasteiger partial charge in [-0.15, -0.1) is 0 Å². The molecule has 0 bridgehead atoms. The summed E-state index contributed by atoms with van der Waals surface area (Å²) in [5.41, 5.74) is -0.902. The average Bonchev–Trinajstić information content (AvgIpc) is 2.31. The molecule has 0 aromatic carbocycles. The average molecular weight is 177 g/mol. The largest absolute Gasteiger partial charge is 0.451 e. The fourth-order valence-electron chi connectivity index (χ4n) is 0.651. The summed E-state index contributed by atoms with van der Waals surface area (Å²) in [4.78, 5) is 20.5. The summed E-state index contributed by atoms with van der Waals surface area (Å²) in [5, 5.41) is 0. The van der Waals surface area contributed by atoms with Crippen LogP contribution in [0.2, 0.25) is 0 Å². The highest BCUT2D eigenvalue weighted by molar-refractivity contribution is 6.61. The smallest absolute Gasteiger partial charge is 0.403 e. The number of hydrogen-bond donors (Lipinski definition) is 0. The highest BCUT2D eigenvalue weighted by atomic mass is 35.5. The molecule has 1 aliphatic heterocycles. The van der Waals surface area contributed by atoms with Crippen molar-refractivity contribution in [2.75, 3.05) is 6.61 Å². The Morgan fingerprint density at radius 2 is 2.55 bits per heavy atom. The molecule has 1 unspecified atom stereocenters. The maximum Gasteiger partial charge on any atom is 0.403 e. The van der Waals surface area contributed by atoms with Crippen molar-refractivity contribution < 1.29 is 19.1 Å². The number of carbonyl (C=O) groups excluding carboxylic acids is 2. The molecule has 4 nitrogen and oxygen atoms in total.